The number of fused-ring (bicyclic) bond motifs is 1. The van der Waals surface area contributed by atoms with Gasteiger partial charge in [-0.05, 0) is 32.9 Å². The number of hydrogen-bond donors (Lipinski definition) is 1. The predicted molar refractivity (Wildman–Crippen MR) is 135 cm³/mol. The first-order valence-corrected chi connectivity index (χ1v) is 11.4. The Balaban J connectivity index is 1.67. The Morgan fingerprint density at radius 3 is 2.35 bits per heavy atom. The number of aromatic nitrogens is 3. The quantitative estimate of drug-likeness (QED) is 0.419. The Hall–Kier alpha value is -4.48. The lowest BCUT2D eigenvalue weighted by atomic mass is 10.2. The highest BCUT2D eigenvalue weighted by Crippen LogP contribution is 2.41. The van der Waals surface area contributed by atoms with Gasteiger partial charge in [-0.25, -0.2) is 9.97 Å². The molecule has 0 atom stereocenters. The second-order valence-corrected chi connectivity index (χ2v) is 8.86. The van der Waals surface area contributed by atoms with Gasteiger partial charge < -0.3 is 33.7 Å². The van der Waals surface area contributed by atoms with Crippen LogP contribution >= 0.6 is 0 Å². The number of ether oxygens (including phenoxy) is 6. The fraction of sp³-hybridized carbons (Fsp3) is 0.360. The summed E-state index contributed by atoms with van der Waals surface area (Å²) in [7, 11) is 4.59. The molecule has 12 heteroatoms. The number of rotatable bonds is 9. The molecule has 3 aromatic rings. The summed E-state index contributed by atoms with van der Waals surface area (Å²) < 4.78 is 32.7. The SMILES string of the molecule is COc1cc(Nc2ncnc(N(CC(=O)OC(C)(C)C)c3ccc4c(c3)OCO4)n2)cc(OC)c1OC. The van der Waals surface area contributed by atoms with Crippen molar-refractivity contribution in [1.82, 2.24) is 15.0 Å². The molecule has 0 unspecified atom stereocenters. The van der Waals surface area contributed by atoms with E-state index in [0.717, 1.165) is 0 Å². The van der Waals surface area contributed by atoms with E-state index in [1.54, 1.807) is 56.0 Å². The summed E-state index contributed by atoms with van der Waals surface area (Å²) in [6.07, 6.45) is 1.34. The van der Waals surface area contributed by atoms with Crippen molar-refractivity contribution in [3.8, 4) is 28.7 Å². The maximum Gasteiger partial charge on any atom is 0.326 e. The summed E-state index contributed by atoms with van der Waals surface area (Å²) >= 11 is 0. The Morgan fingerprint density at radius 1 is 1.00 bits per heavy atom. The van der Waals surface area contributed by atoms with E-state index in [9.17, 15) is 4.79 Å². The van der Waals surface area contributed by atoms with Gasteiger partial charge in [0.1, 0.15) is 18.5 Å². The number of esters is 1. The zero-order valence-corrected chi connectivity index (χ0v) is 21.5. The second kappa shape index (κ2) is 10.6. The van der Waals surface area contributed by atoms with Crippen molar-refractivity contribution in [2.45, 2.75) is 26.4 Å². The van der Waals surface area contributed by atoms with Crippen LogP contribution in [0.2, 0.25) is 0 Å². The third kappa shape index (κ3) is 6.02. The average molecular weight is 512 g/mol. The largest absolute Gasteiger partial charge is 0.493 e. The molecule has 0 saturated heterocycles. The van der Waals surface area contributed by atoms with Crippen molar-refractivity contribution < 1.29 is 33.2 Å². The van der Waals surface area contributed by atoms with Gasteiger partial charge in [0.05, 0.1) is 21.3 Å². The van der Waals surface area contributed by atoms with Gasteiger partial charge in [-0.15, -0.1) is 0 Å². The van der Waals surface area contributed by atoms with E-state index in [4.69, 9.17) is 28.4 Å². The van der Waals surface area contributed by atoms with E-state index in [1.807, 2.05) is 0 Å². The van der Waals surface area contributed by atoms with E-state index >= 15 is 0 Å². The van der Waals surface area contributed by atoms with Gasteiger partial charge in [0.15, 0.2) is 23.0 Å². The van der Waals surface area contributed by atoms with Gasteiger partial charge in [-0.1, -0.05) is 0 Å². The van der Waals surface area contributed by atoms with Crippen LogP contribution in [0.5, 0.6) is 28.7 Å². The molecule has 4 rings (SSSR count). The number of hydrogen-bond acceptors (Lipinski definition) is 12. The molecule has 0 fully saturated rings. The molecule has 0 aliphatic carbocycles. The molecule has 0 spiro atoms. The van der Waals surface area contributed by atoms with Crippen LogP contribution in [0.15, 0.2) is 36.7 Å². The lowest BCUT2D eigenvalue weighted by Crippen LogP contribution is -2.33. The van der Waals surface area contributed by atoms with Crippen LogP contribution in [0.4, 0.5) is 23.3 Å². The highest BCUT2D eigenvalue weighted by molar-refractivity contribution is 5.79. The summed E-state index contributed by atoms with van der Waals surface area (Å²) in [4.78, 5) is 27.5. The third-order valence-electron chi connectivity index (χ3n) is 5.10. The van der Waals surface area contributed by atoms with Gasteiger partial charge in [-0.3, -0.25) is 9.69 Å². The highest BCUT2D eigenvalue weighted by Gasteiger charge is 2.24. The van der Waals surface area contributed by atoms with E-state index in [-0.39, 0.29) is 25.2 Å². The minimum Gasteiger partial charge on any atom is -0.493 e. The molecule has 1 aromatic heterocycles. The Bertz CT molecular complexity index is 1250. The van der Waals surface area contributed by atoms with Gasteiger partial charge in [0, 0.05) is 29.6 Å². The lowest BCUT2D eigenvalue weighted by molar-refractivity contribution is -0.152. The van der Waals surface area contributed by atoms with Crippen molar-refractivity contribution in [2.24, 2.45) is 0 Å². The molecular weight excluding hydrogens is 482 g/mol. The minimum absolute atomic E-state index is 0.124. The van der Waals surface area contributed by atoms with Crippen LogP contribution in [0.25, 0.3) is 0 Å². The first kappa shape index (κ1) is 25.6. The monoisotopic (exact) mass is 511 g/mol. The Labute approximate surface area is 214 Å². The molecule has 37 heavy (non-hydrogen) atoms. The van der Waals surface area contributed by atoms with Crippen molar-refractivity contribution in [3.63, 3.8) is 0 Å². The molecule has 12 nitrogen and oxygen atoms in total. The Morgan fingerprint density at radius 2 is 1.70 bits per heavy atom. The lowest BCUT2D eigenvalue weighted by Gasteiger charge is -2.25. The van der Waals surface area contributed by atoms with Crippen LogP contribution in [0.3, 0.4) is 0 Å². The number of anilines is 4. The summed E-state index contributed by atoms with van der Waals surface area (Å²) in [5.74, 6) is 2.54. The third-order valence-corrected chi connectivity index (χ3v) is 5.10. The number of carbonyl (C=O) groups is 1. The number of nitrogens with one attached hydrogen (secondary N) is 1. The standard InChI is InChI=1S/C25H29N5O7/c1-25(2,3)37-21(31)12-30(16-7-8-17-18(11-16)36-14-35-17)24-27-13-26-23(29-24)28-15-9-19(32-4)22(34-6)20(10-15)33-5/h7-11,13H,12,14H2,1-6H3,(H,26,27,28,29). The molecule has 2 aromatic carbocycles. The molecule has 1 N–H and O–H groups in total. The summed E-state index contributed by atoms with van der Waals surface area (Å²) in [5, 5.41) is 3.12. The smallest absolute Gasteiger partial charge is 0.326 e. The summed E-state index contributed by atoms with van der Waals surface area (Å²) in [6.45, 7) is 5.39. The number of benzene rings is 2. The molecule has 1 aliphatic rings. The van der Waals surface area contributed by atoms with Crippen molar-refractivity contribution >= 4 is 29.2 Å². The number of carbonyl (C=O) groups excluding carboxylic acids is 1. The first-order chi connectivity index (χ1) is 17.7. The summed E-state index contributed by atoms with van der Waals surface area (Å²) in [6, 6.07) is 8.75. The first-order valence-electron chi connectivity index (χ1n) is 11.4. The van der Waals surface area contributed by atoms with E-state index in [0.29, 0.717) is 40.1 Å². The number of methoxy groups -OCH3 is 3. The normalized spacial score (nSPS) is 12.1. The van der Waals surface area contributed by atoms with Gasteiger partial charge in [0.2, 0.25) is 24.4 Å². The van der Waals surface area contributed by atoms with E-state index in [2.05, 4.69) is 20.3 Å². The van der Waals surface area contributed by atoms with Crippen molar-refractivity contribution in [2.75, 3.05) is 44.9 Å². The van der Waals surface area contributed by atoms with E-state index in [1.165, 1.54) is 27.7 Å². The fourth-order valence-corrected chi connectivity index (χ4v) is 3.59. The molecule has 1 aliphatic heterocycles. The van der Waals surface area contributed by atoms with Crippen molar-refractivity contribution in [3.05, 3.63) is 36.7 Å². The minimum atomic E-state index is -0.657. The molecule has 0 amide bonds. The zero-order chi connectivity index (χ0) is 26.6. The maximum absolute atomic E-state index is 12.8. The van der Waals surface area contributed by atoms with Crippen LogP contribution in [-0.2, 0) is 9.53 Å². The van der Waals surface area contributed by atoms with Crippen LogP contribution < -0.4 is 33.9 Å². The van der Waals surface area contributed by atoms with Gasteiger partial charge >= 0.3 is 5.97 Å². The van der Waals surface area contributed by atoms with Crippen LogP contribution in [-0.4, -0.2) is 61.2 Å². The molecule has 0 saturated carbocycles. The molecule has 0 radical (unpaired) electrons. The topological polar surface area (TPSA) is 126 Å². The van der Waals surface area contributed by atoms with E-state index < -0.39 is 11.6 Å². The highest BCUT2D eigenvalue weighted by atomic mass is 16.7. The average Bonchev–Trinajstić information content (AvgIpc) is 3.33. The fourth-order valence-electron chi connectivity index (χ4n) is 3.59. The zero-order valence-electron chi connectivity index (χ0n) is 21.5. The molecule has 0 bridgehead atoms. The molecule has 196 valence electrons. The van der Waals surface area contributed by atoms with Gasteiger partial charge in [0.25, 0.3) is 0 Å². The second-order valence-electron chi connectivity index (χ2n) is 8.86. The summed E-state index contributed by atoms with van der Waals surface area (Å²) in [5.41, 5.74) is 0.545. The Kier molecular flexibility index (Phi) is 7.37. The predicted octanol–water partition coefficient (Wildman–Crippen LogP) is 3.85. The van der Waals surface area contributed by atoms with Crippen molar-refractivity contribution in [1.29, 1.82) is 0 Å². The van der Waals surface area contributed by atoms with Gasteiger partial charge in [-0.2, -0.15) is 4.98 Å². The molecule has 2 heterocycles. The van der Waals surface area contributed by atoms with Crippen LogP contribution in [0, 0.1) is 0 Å². The number of nitrogens with zero attached hydrogens (tertiary/aromatic N) is 4. The van der Waals surface area contributed by atoms with Crippen LogP contribution in [0.1, 0.15) is 20.8 Å². The molecular formula is C25H29N5O7. The maximum atomic E-state index is 12.8.